The predicted molar refractivity (Wildman–Crippen MR) is 92.4 cm³/mol. The fourth-order valence-corrected chi connectivity index (χ4v) is 3.50. The molecular weight excluding hydrogens is 274 g/mol. The Morgan fingerprint density at radius 2 is 1.57 bits per heavy atom. The minimum absolute atomic E-state index is 1.03. The van der Waals surface area contributed by atoms with Gasteiger partial charge < -0.3 is 0 Å². The van der Waals surface area contributed by atoms with Crippen LogP contribution < -0.4 is 0 Å². The maximum atomic E-state index is 4.77. The average Bonchev–Trinajstić information content (AvgIpc) is 2.54. The van der Waals surface area contributed by atoms with Crippen LogP contribution in [-0.4, -0.2) is 5.04 Å². The molecule has 0 amide bonds. The second-order valence-electron chi connectivity index (χ2n) is 4.93. The van der Waals surface area contributed by atoms with E-state index in [4.69, 9.17) is 4.99 Å². The molecule has 3 aromatic rings. The molecule has 1 nitrogen and oxygen atoms in total. The van der Waals surface area contributed by atoms with Gasteiger partial charge in [-0.1, -0.05) is 72.4 Å². The molecule has 0 spiro atoms. The first-order chi connectivity index (χ1) is 10.4. The molecule has 2 heteroatoms. The van der Waals surface area contributed by atoms with Crippen molar-refractivity contribution in [2.24, 2.45) is 4.99 Å². The lowest BCUT2D eigenvalue weighted by atomic mass is 10.1. The molecule has 0 aromatic heterocycles. The highest BCUT2D eigenvalue weighted by molar-refractivity contribution is 8.14. The zero-order chi connectivity index (χ0) is 14.1. The van der Waals surface area contributed by atoms with E-state index in [1.807, 2.05) is 18.2 Å². The Kier molecular flexibility index (Phi) is 3.09. The molecular formula is C19H13NS. The fraction of sp³-hybridized carbons (Fsp3) is 0. The summed E-state index contributed by atoms with van der Waals surface area (Å²) in [4.78, 5) is 6.05. The van der Waals surface area contributed by atoms with E-state index in [-0.39, 0.29) is 0 Å². The Balaban J connectivity index is 1.75. The van der Waals surface area contributed by atoms with Gasteiger partial charge in [0.15, 0.2) is 0 Å². The first-order valence-electron chi connectivity index (χ1n) is 6.91. The Morgan fingerprint density at radius 1 is 0.762 bits per heavy atom. The highest BCUT2D eigenvalue weighted by Gasteiger charge is 2.13. The molecule has 0 aliphatic carbocycles. The second kappa shape index (κ2) is 5.23. The molecule has 0 N–H and O–H groups in total. The summed E-state index contributed by atoms with van der Waals surface area (Å²) >= 11 is 1.73. The van der Waals surface area contributed by atoms with Crippen molar-refractivity contribution in [3.05, 3.63) is 78.4 Å². The third-order valence-corrected chi connectivity index (χ3v) is 4.50. The van der Waals surface area contributed by atoms with Gasteiger partial charge in [-0.25, -0.2) is 4.99 Å². The highest BCUT2D eigenvalue weighted by atomic mass is 32.2. The lowest BCUT2D eigenvalue weighted by Crippen LogP contribution is -1.93. The van der Waals surface area contributed by atoms with Crippen LogP contribution in [0.4, 0.5) is 5.69 Å². The fourth-order valence-electron chi connectivity index (χ4n) is 2.52. The third-order valence-electron chi connectivity index (χ3n) is 3.51. The summed E-state index contributed by atoms with van der Waals surface area (Å²) in [7, 11) is 0. The van der Waals surface area contributed by atoms with E-state index in [0.717, 1.165) is 10.7 Å². The summed E-state index contributed by atoms with van der Waals surface area (Å²) in [6, 6.07) is 23.0. The van der Waals surface area contributed by atoms with E-state index in [9.17, 15) is 0 Å². The largest absolute Gasteiger partial charge is 0.241 e. The van der Waals surface area contributed by atoms with Crippen molar-refractivity contribution < 1.29 is 0 Å². The van der Waals surface area contributed by atoms with Crippen LogP contribution in [0.2, 0.25) is 0 Å². The lowest BCUT2D eigenvalue weighted by Gasteiger charge is -2.14. The van der Waals surface area contributed by atoms with E-state index in [1.165, 1.54) is 21.2 Å². The monoisotopic (exact) mass is 287 g/mol. The quantitative estimate of drug-likeness (QED) is 0.590. The van der Waals surface area contributed by atoms with Gasteiger partial charge in [0.25, 0.3) is 0 Å². The Hall–Kier alpha value is -2.32. The number of rotatable bonds is 2. The Bertz CT molecular complexity index is 858. The molecule has 3 aromatic carbocycles. The van der Waals surface area contributed by atoms with Gasteiger partial charge >= 0.3 is 0 Å². The third kappa shape index (κ3) is 2.39. The molecule has 1 heterocycles. The van der Waals surface area contributed by atoms with Crippen molar-refractivity contribution >= 4 is 39.3 Å². The molecule has 0 bridgehead atoms. The van der Waals surface area contributed by atoms with Gasteiger partial charge in [0.05, 0.1) is 5.69 Å². The minimum atomic E-state index is 1.03. The zero-order valence-electron chi connectivity index (χ0n) is 11.4. The summed E-state index contributed by atoms with van der Waals surface area (Å²) in [6.45, 7) is 0. The summed E-state index contributed by atoms with van der Waals surface area (Å²) < 4.78 is 0. The molecule has 0 atom stereocenters. The standard InChI is InChI=1S/C19H13NS/c1-2-6-14(7-3-1)12-13-18-20-16-10-4-8-15-9-5-11-17(21-18)19(15)16/h1-13H/b13-12+. The molecule has 100 valence electrons. The molecule has 4 rings (SSSR count). The summed E-state index contributed by atoms with van der Waals surface area (Å²) in [5, 5.41) is 3.55. The molecule has 0 saturated carbocycles. The number of hydrogen-bond acceptors (Lipinski definition) is 2. The van der Waals surface area contributed by atoms with Crippen LogP contribution in [0.25, 0.3) is 16.8 Å². The van der Waals surface area contributed by atoms with E-state index < -0.39 is 0 Å². The smallest absolute Gasteiger partial charge is 0.101 e. The van der Waals surface area contributed by atoms with E-state index in [1.54, 1.807) is 11.8 Å². The maximum Gasteiger partial charge on any atom is 0.101 e. The van der Waals surface area contributed by atoms with Crippen molar-refractivity contribution in [3.63, 3.8) is 0 Å². The van der Waals surface area contributed by atoms with Gasteiger partial charge in [0, 0.05) is 10.3 Å². The molecule has 0 unspecified atom stereocenters. The number of nitrogens with zero attached hydrogens (tertiary/aromatic N) is 1. The van der Waals surface area contributed by atoms with Crippen molar-refractivity contribution in [2.45, 2.75) is 4.90 Å². The zero-order valence-corrected chi connectivity index (χ0v) is 12.2. The number of benzene rings is 3. The number of hydrogen-bond donors (Lipinski definition) is 0. The first kappa shape index (κ1) is 12.4. The van der Waals surface area contributed by atoms with Crippen LogP contribution in [0.15, 0.2) is 82.7 Å². The average molecular weight is 287 g/mol. The maximum absolute atomic E-state index is 4.77. The Labute approximate surface area is 128 Å². The molecule has 0 saturated heterocycles. The van der Waals surface area contributed by atoms with Crippen LogP contribution in [0.1, 0.15) is 5.56 Å². The van der Waals surface area contributed by atoms with Crippen molar-refractivity contribution in [1.29, 1.82) is 0 Å². The summed E-state index contributed by atoms with van der Waals surface area (Å²) in [6.07, 6.45) is 4.20. The predicted octanol–water partition coefficient (Wildman–Crippen LogP) is 5.69. The van der Waals surface area contributed by atoms with Gasteiger partial charge in [-0.05, 0) is 29.2 Å². The molecule has 1 aliphatic heterocycles. The summed E-state index contributed by atoms with van der Waals surface area (Å²) in [5.74, 6) is 0. The van der Waals surface area contributed by atoms with E-state index >= 15 is 0 Å². The molecule has 1 aliphatic rings. The van der Waals surface area contributed by atoms with Gasteiger partial charge in [-0.15, -0.1) is 0 Å². The SMILES string of the molecule is C(=C\c1ccccc1)/C1=Nc2cccc3cccc(c23)S1. The van der Waals surface area contributed by atoms with Crippen molar-refractivity contribution in [1.82, 2.24) is 0 Å². The van der Waals surface area contributed by atoms with E-state index in [2.05, 4.69) is 60.7 Å². The lowest BCUT2D eigenvalue weighted by molar-refractivity contribution is 1.48. The number of aliphatic imine (C=N–C) groups is 1. The number of thioether (sulfide) groups is 1. The van der Waals surface area contributed by atoms with Gasteiger partial charge in [-0.2, -0.15) is 0 Å². The van der Waals surface area contributed by atoms with Crippen LogP contribution >= 0.6 is 11.8 Å². The van der Waals surface area contributed by atoms with Crippen LogP contribution in [-0.2, 0) is 0 Å². The van der Waals surface area contributed by atoms with Crippen LogP contribution in [0.5, 0.6) is 0 Å². The van der Waals surface area contributed by atoms with E-state index in [0.29, 0.717) is 0 Å². The highest BCUT2D eigenvalue weighted by Crippen LogP contribution is 2.40. The van der Waals surface area contributed by atoms with Crippen LogP contribution in [0.3, 0.4) is 0 Å². The minimum Gasteiger partial charge on any atom is -0.241 e. The van der Waals surface area contributed by atoms with Crippen molar-refractivity contribution in [2.75, 3.05) is 0 Å². The van der Waals surface area contributed by atoms with Gasteiger partial charge in [-0.3, -0.25) is 0 Å². The summed E-state index contributed by atoms with van der Waals surface area (Å²) in [5.41, 5.74) is 2.26. The normalized spacial score (nSPS) is 13.6. The van der Waals surface area contributed by atoms with Crippen LogP contribution in [0, 0.1) is 0 Å². The van der Waals surface area contributed by atoms with Gasteiger partial charge in [0.1, 0.15) is 5.04 Å². The second-order valence-corrected chi connectivity index (χ2v) is 5.99. The van der Waals surface area contributed by atoms with Crippen molar-refractivity contribution in [3.8, 4) is 0 Å². The Morgan fingerprint density at radius 3 is 2.43 bits per heavy atom. The first-order valence-corrected chi connectivity index (χ1v) is 7.73. The van der Waals surface area contributed by atoms with Gasteiger partial charge in [0.2, 0.25) is 0 Å². The molecule has 0 radical (unpaired) electrons. The topological polar surface area (TPSA) is 12.4 Å². The molecule has 21 heavy (non-hydrogen) atoms. The molecule has 0 fully saturated rings.